The van der Waals surface area contributed by atoms with E-state index in [-0.39, 0.29) is 11.7 Å². The molecule has 8 nitrogen and oxygen atoms in total. The Labute approximate surface area is 176 Å². The number of thioether (sulfide) groups is 1. The molecule has 0 spiro atoms. The van der Waals surface area contributed by atoms with Gasteiger partial charge in [-0.3, -0.25) is 4.79 Å². The van der Waals surface area contributed by atoms with Gasteiger partial charge in [0, 0.05) is 32.4 Å². The quantitative estimate of drug-likeness (QED) is 0.454. The number of carbonyl (C=O) groups excluding carboxylic acids is 2. The van der Waals surface area contributed by atoms with Crippen LogP contribution in [0, 0.1) is 0 Å². The first-order chi connectivity index (χ1) is 13.9. The highest BCUT2D eigenvalue weighted by Gasteiger charge is 2.17. The molecule has 2 heterocycles. The molecule has 0 radical (unpaired) electrons. The van der Waals surface area contributed by atoms with E-state index in [1.54, 1.807) is 11.4 Å². The lowest BCUT2D eigenvalue weighted by Crippen LogP contribution is -2.16. The van der Waals surface area contributed by atoms with Crippen molar-refractivity contribution in [1.29, 1.82) is 0 Å². The van der Waals surface area contributed by atoms with Crippen molar-refractivity contribution in [2.75, 3.05) is 37.2 Å². The number of rotatable bonds is 7. The molecule has 29 heavy (non-hydrogen) atoms. The van der Waals surface area contributed by atoms with Crippen LogP contribution in [-0.2, 0) is 16.6 Å². The lowest BCUT2D eigenvalue weighted by Gasteiger charge is -2.13. The van der Waals surface area contributed by atoms with Crippen LogP contribution in [0.25, 0.3) is 11.4 Å². The molecule has 10 heteroatoms. The summed E-state index contributed by atoms with van der Waals surface area (Å²) in [6.07, 6.45) is 0. The van der Waals surface area contributed by atoms with Crippen LogP contribution in [0.5, 0.6) is 0 Å². The van der Waals surface area contributed by atoms with Crippen molar-refractivity contribution in [3.05, 3.63) is 41.3 Å². The highest BCUT2D eigenvalue weighted by Crippen LogP contribution is 2.27. The van der Waals surface area contributed by atoms with Crippen molar-refractivity contribution in [2.24, 2.45) is 7.05 Å². The molecule has 0 aliphatic rings. The zero-order valence-electron chi connectivity index (χ0n) is 16.5. The fraction of sp³-hybridized carbons (Fsp3) is 0.263. The zero-order valence-corrected chi connectivity index (χ0v) is 18.1. The maximum absolute atomic E-state index is 12.3. The molecule has 1 amide bonds. The van der Waals surface area contributed by atoms with Crippen molar-refractivity contribution >= 4 is 45.7 Å². The second-order valence-corrected chi connectivity index (χ2v) is 8.16. The Bertz CT molecular complexity index is 1030. The van der Waals surface area contributed by atoms with Gasteiger partial charge < -0.3 is 19.5 Å². The number of anilines is 2. The van der Waals surface area contributed by atoms with E-state index in [2.05, 4.69) is 15.5 Å². The Hall–Kier alpha value is -2.85. The smallest absolute Gasteiger partial charge is 0.340 e. The molecule has 1 N–H and O–H groups in total. The number of hydrogen-bond acceptors (Lipinski definition) is 8. The van der Waals surface area contributed by atoms with Crippen LogP contribution in [0.15, 0.2) is 40.9 Å². The van der Waals surface area contributed by atoms with E-state index in [1.807, 2.05) is 54.9 Å². The van der Waals surface area contributed by atoms with E-state index in [0.717, 1.165) is 17.1 Å². The first kappa shape index (κ1) is 20.9. The Morgan fingerprint density at radius 3 is 2.79 bits per heavy atom. The summed E-state index contributed by atoms with van der Waals surface area (Å²) in [5.41, 5.74) is 2.36. The molecular weight excluding hydrogens is 410 g/mol. The molecule has 0 fully saturated rings. The van der Waals surface area contributed by atoms with E-state index < -0.39 is 5.97 Å². The lowest BCUT2D eigenvalue weighted by molar-refractivity contribution is -0.113. The van der Waals surface area contributed by atoms with Gasteiger partial charge >= 0.3 is 5.97 Å². The number of amides is 1. The standard InChI is InChI=1S/C19H21N5O3S2/c1-23(2)13-7-5-6-12(10-13)16-21-22-19(24(16)3)29-11-15(25)20-17-14(8-9-28-17)18(26)27-4/h5-10H,11H2,1-4H3,(H,20,25). The number of nitrogens with zero attached hydrogens (tertiary/aromatic N) is 4. The maximum Gasteiger partial charge on any atom is 0.340 e. The average Bonchev–Trinajstić information content (AvgIpc) is 3.32. The second kappa shape index (κ2) is 9.10. The summed E-state index contributed by atoms with van der Waals surface area (Å²) in [6.45, 7) is 0. The number of carbonyl (C=O) groups is 2. The average molecular weight is 432 g/mol. The van der Waals surface area contributed by atoms with Gasteiger partial charge in [-0.2, -0.15) is 0 Å². The van der Waals surface area contributed by atoms with Crippen molar-refractivity contribution in [3.63, 3.8) is 0 Å². The molecule has 3 aromatic rings. The first-order valence-electron chi connectivity index (χ1n) is 8.66. The summed E-state index contributed by atoms with van der Waals surface area (Å²) < 4.78 is 6.58. The third-order valence-electron chi connectivity index (χ3n) is 4.11. The fourth-order valence-electron chi connectivity index (χ4n) is 2.58. The SMILES string of the molecule is COC(=O)c1ccsc1NC(=O)CSc1nnc(-c2cccc(N(C)C)c2)n1C. The number of aromatic nitrogens is 3. The largest absolute Gasteiger partial charge is 0.465 e. The number of hydrogen-bond donors (Lipinski definition) is 1. The third kappa shape index (κ3) is 4.77. The molecule has 1 aromatic carbocycles. The normalized spacial score (nSPS) is 10.6. The Morgan fingerprint density at radius 1 is 1.28 bits per heavy atom. The van der Waals surface area contributed by atoms with Gasteiger partial charge in [0.2, 0.25) is 5.91 Å². The molecule has 0 atom stereocenters. The van der Waals surface area contributed by atoms with Crippen LogP contribution in [-0.4, -0.2) is 53.6 Å². The van der Waals surface area contributed by atoms with Crippen LogP contribution in [0.2, 0.25) is 0 Å². The summed E-state index contributed by atoms with van der Waals surface area (Å²) in [5, 5.41) is 14.1. The minimum Gasteiger partial charge on any atom is -0.465 e. The van der Waals surface area contributed by atoms with E-state index >= 15 is 0 Å². The molecule has 0 aliphatic heterocycles. The predicted molar refractivity (Wildman–Crippen MR) is 116 cm³/mol. The van der Waals surface area contributed by atoms with Crippen LogP contribution in [0.4, 0.5) is 10.7 Å². The van der Waals surface area contributed by atoms with Gasteiger partial charge in [0.1, 0.15) is 5.00 Å². The van der Waals surface area contributed by atoms with Gasteiger partial charge in [-0.25, -0.2) is 4.79 Å². The highest BCUT2D eigenvalue weighted by molar-refractivity contribution is 7.99. The van der Waals surface area contributed by atoms with E-state index in [1.165, 1.54) is 30.2 Å². The minimum absolute atomic E-state index is 0.141. The fourth-order valence-corrected chi connectivity index (χ4v) is 4.09. The maximum atomic E-state index is 12.3. The van der Waals surface area contributed by atoms with Gasteiger partial charge in [0.25, 0.3) is 0 Å². The summed E-state index contributed by atoms with van der Waals surface area (Å²) in [6, 6.07) is 9.63. The lowest BCUT2D eigenvalue weighted by atomic mass is 10.2. The van der Waals surface area contributed by atoms with E-state index in [9.17, 15) is 9.59 Å². The van der Waals surface area contributed by atoms with Crippen LogP contribution < -0.4 is 10.2 Å². The number of benzene rings is 1. The van der Waals surface area contributed by atoms with Crippen molar-refractivity contribution < 1.29 is 14.3 Å². The summed E-state index contributed by atoms with van der Waals surface area (Å²) in [4.78, 5) is 26.0. The number of thiophene rings is 1. The van der Waals surface area contributed by atoms with Crippen molar-refractivity contribution in [2.45, 2.75) is 5.16 Å². The molecular formula is C19H21N5O3S2. The van der Waals surface area contributed by atoms with E-state index in [0.29, 0.717) is 15.7 Å². The molecule has 152 valence electrons. The predicted octanol–water partition coefficient (Wildman–Crippen LogP) is 3.13. The van der Waals surface area contributed by atoms with Gasteiger partial charge in [0.05, 0.1) is 18.4 Å². The molecule has 0 saturated heterocycles. The number of esters is 1. The molecule has 0 aliphatic carbocycles. The molecule has 0 unspecified atom stereocenters. The summed E-state index contributed by atoms with van der Waals surface area (Å²) in [7, 11) is 7.14. The molecule has 2 aromatic heterocycles. The number of ether oxygens (including phenoxy) is 1. The Kier molecular flexibility index (Phi) is 6.55. The molecule has 0 bridgehead atoms. The van der Waals surface area contributed by atoms with Crippen LogP contribution >= 0.6 is 23.1 Å². The van der Waals surface area contributed by atoms with Crippen molar-refractivity contribution in [1.82, 2.24) is 14.8 Å². The summed E-state index contributed by atoms with van der Waals surface area (Å²) >= 11 is 2.55. The van der Waals surface area contributed by atoms with Gasteiger partial charge in [0.15, 0.2) is 11.0 Å². The minimum atomic E-state index is -0.480. The number of nitrogens with one attached hydrogen (secondary N) is 1. The zero-order chi connectivity index (χ0) is 21.0. The van der Waals surface area contributed by atoms with Gasteiger partial charge in [-0.05, 0) is 23.6 Å². The first-order valence-corrected chi connectivity index (χ1v) is 10.5. The summed E-state index contributed by atoms with van der Waals surface area (Å²) in [5.74, 6) is 0.152. The third-order valence-corrected chi connectivity index (χ3v) is 5.96. The highest BCUT2D eigenvalue weighted by atomic mass is 32.2. The second-order valence-electron chi connectivity index (χ2n) is 6.30. The van der Waals surface area contributed by atoms with Crippen LogP contribution in [0.1, 0.15) is 10.4 Å². The van der Waals surface area contributed by atoms with Gasteiger partial charge in [-0.1, -0.05) is 23.9 Å². The van der Waals surface area contributed by atoms with E-state index in [4.69, 9.17) is 4.74 Å². The van der Waals surface area contributed by atoms with Crippen molar-refractivity contribution in [3.8, 4) is 11.4 Å². The molecule has 0 saturated carbocycles. The van der Waals surface area contributed by atoms with Gasteiger partial charge in [-0.15, -0.1) is 21.5 Å². The Morgan fingerprint density at radius 2 is 2.07 bits per heavy atom. The van der Waals surface area contributed by atoms with Crippen LogP contribution in [0.3, 0.4) is 0 Å². The monoisotopic (exact) mass is 431 g/mol. The Balaban J connectivity index is 1.67. The topological polar surface area (TPSA) is 89.3 Å². The number of methoxy groups -OCH3 is 1. The molecule has 3 rings (SSSR count).